The van der Waals surface area contributed by atoms with E-state index in [1.807, 2.05) is 33.8 Å². The van der Waals surface area contributed by atoms with Crippen molar-refractivity contribution in [2.75, 3.05) is 13.1 Å². The van der Waals surface area contributed by atoms with Crippen LogP contribution in [0.4, 0.5) is 0 Å². The van der Waals surface area contributed by atoms with Crippen molar-refractivity contribution in [3.05, 3.63) is 34.9 Å². The Morgan fingerprint density at radius 3 is 2.47 bits per heavy atom. The number of carbonyl (C=O) groups is 3. The molecule has 1 aromatic rings. The van der Waals surface area contributed by atoms with Crippen LogP contribution in [0, 0.1) is 6.92 Å². The molecule has 8 N–H and O–H groups in total. The van der Waals surface area contributed by atoms with Gasteiger partial charge in [0.15, 0.2) is 17.6 Å². The number of benzene rings is 1. The summed E-state index contributed by atoms with van der Waals surface area (Å²) in [5.74, 6) is -3.92. The quantitative estimate of drug-likeness (QED) is 0.194. The average Bonchev–Trinajstić information content (AvgIpc) is 3.41. The van der Waals surface area contributed by atoms with Crippen molar-refractivity contribution in [2.24, 2.45) is 21.5 Å². The number of carbonyl (C=O) groups excluding carboxylic acids is 3. The molecule has 0 bridgehead atoms. The molecule has 2 fully saturated rings. The number of nitrogens with zero attached hydrogens (tertiary/aromatic N) is 4. The Bertz CT molecular complexity index is 1270. The van der Waals surface area contributed by atoms with Crippen LogP contribution >= 0.6 is 0 Å². The first-order valence-electron chi connectivity index (χ1n) is 12.6. The Kier molecular flexibility index (Phi) is 5.73. The molecule has 1 unspecified atom stereocenters. The summed E-state index contributed by atoms with van der Waals surface area (Å²) in [6.07, 6.45) is 0.202. The summed E-state index contributed by atoms with van der Waals surface area (Å²) in [7, 11) is 0. The monoisotopic (exact) mass is 526 g/mol. The molecule has 13 nitrogen and oxygen atoms in total. The van der Waals surface area contributed by atoms with Crippen molar-refractivity contribution in [2.45, 2.75) is 75.5 Å². The highest BCUT2D eigenvalue weighted by atomic mass is 16.5. The fourth-order valence-electron chi connectivity index (χ4n) is 6.34. The molecule has 4 atom stereocenters. The Labute approximate surface area is 220 Å². The van der Waals surface area contributed by atoms with Gasteiger partial charge in [0.05, 0.1) is 12.6 Å². The molecule has 1 spiro atoms. The van der Waals surface area contributed by atoms with Gasteiger partial charge in [-0.1, -0.05) is 32.9 Å². The van der Waals surface area contributed by atoms with Crippen molar-refractivity contribution in [3.8, 4) is 0 Å². The van der Waals surface area contributed by atoms with Crippen LogP contribution < -0.4 is 22.1 Å². The molecule has 0 aromatic heterocycles. The number of nitrogens with two attached hydrogens (primary N) is 2. The van der Waals surface area contributed by atoms with E-state index in [-0.39, 0.29) is 55.1 Å². The van der Waals surface area contributed by atoms with Gasteiger partial charge < -0.3 is 37.2 Å². The van der Waals surface area contributed by atoms with E-state index in [2.05, 4.69) is 20.6 Å². The summed E-state index contributed by atoms with van der Waals surface area (Å²) in [6.45, 7) is 7.69. The third kappa shape index (κ3) is 3.63. The van der Waals surface area contributed by atoms with Gasteiger partial charge in [-0.15, -0.1) is 0 Å². The Balaban J connectivity index is 1.48. The molecular weight excluding hydrogens is 492 g/mol. The molecule has 0 aliphatic carbocycles. The maximum Gasteiger partial charge on any atom is 0.252 e. The lowest BCUT2D eigenvalue weighted by Crippen LogP contribution is -2.78. The lowest BCUT2D eigenvalue weighted by atomic mass is 9.80. The van der Waals surface area contributed by atoms with Crippen LogP contribution in [0.5, 0.6) is 0 Å². The largest absolute Gasteiger partial charge is 0.370 e. The van der Waals surface area contributed by atoms with E-state index in [1.165, 1.54) is 4.90 Å². The lowest BCUT2D eigenvalue weighted by molar-refractivity contribution is -0.230. The van der Waals surface area contributed by atoms with Crippen molar-refractivity contribution in [3.63, 3.8) is 0 Å². The van der Waals surface area contributed by atoms with Crippen LogP contribution in [-0.4, -0.2) is 92.3 Å². The fourth-order valence-corrected chi connectivity index (χ4v) is 6.34. The van der Waals surface area contributed by atoms with Crippen molar-refractivity contribution in [1.82, 2.24) is 20.4 Å². The Morgan fingerprint density at radius 2 is 1.84 bits per heavy atom. The van der Waals surface area contributed by atoms with Crippen LogP contribution in [0.3, 0.4) is 0 Å². The number of imide groups is 1. The van der Waals surface area contributed by atoms with E-state index in [1.54, 1.807) is 12.1 Å². The van der Waals surface area contributed by atoms with Gasteiger partial charge in [0.2, 0.25) is 17.6 Å². The first-order valence-corrected chi connectivity index (χ1v) is 12.6. The predicted octanol–water partition coefficient (Wildman–Crippen LogP) is -1.78. The lowest BCUT2D eigenvalue weighted by Gasteiger charge is -2.49. The second-order valence-corrected chi connectivity index (χ2v) is 11.4. The van der Waals surface area contributed by atoms with Crippen LogP contribution in [-0.2, 0) is 15.0 Å². The SMILES string of the molecule is Cc1cccc(C(=O)NC2CN3C(N)=N[C@@H](CN4C(=O)CCC4=O)[C@@H]4N=C(N)N[C@@]43C2(O)O)c1C(C)(C)C. The third-order valence-electron chi connectivity index (χ3n) is 7.90. The minimum atomic E-state index is -2.62. The van der Waals surface area contributed by atoms with Crippen LogP contribution in [0.15, 0.2) is 28.2 Å². The van der Waals surface area contributed by atoms with Gasteiger partial charge in [-0.2, -0.15) is 0 Å². The summed E-state index contributed by atoms with van der Waals surface area (Å²) in [6, 6.07) is 2.28. The first kappa shape index (κ1) is 25.9. The Hall–Kier alpha value is -3.71. The smallest absolute Gasteiger partial charge is 0.252 e. The van der Waals surface area contributed by atoms with Crippen LogP contribution in [0.2, 0.25) is 0 Å². The van der Waals surface area contributed by atoms with Gasteiger partial charge in [0.1, 0.15) is 12.1 Å². The maximum atomic E-state index is 13.5. The molecule has 3 amide bonds. The zero-order valence-corrected chi connectivity index (χ0v) is 21.9. The fraction of sp³-hybridized carbons (Fsp3) is 0.560. The zero-order chi connectivity index (χ0) is 27.8. The molecule has 204 valence electrons. The molecule has 4 aliphatic heterocycles. The molecule has 1 aromatic carbocycles. The summed E-state index contributed by atoms with van der Waals surface area (Å²) in [5, 5.41) is 29.0. The van der Waals surface area contributed by atoms with Crippen molar-refractivity contribution in [1.29, 1.82) is 0 Å². The van der Waals surface area contributed by atoms with E-state index in [0.717, 1.165) is 16.0 Å². The third-order valence-corrected chi connectivity index (χ3v) is 7.90. The second kappa shape index (κ2) is 8.40. The Morgan fingerprint density at radius 1 is 1.18 bits per heavy atom. The summed E-state index contributed by atoms with van der Waals surface area (Å²) < 4.78 is 0. The molecule has 2 saturated heterocycles. The number of aliphatic hydroxyl groups is 2. The molecule has 0 radical (unpaired) electrons. The highest BCUT2D eigenvalue weighted by Crippen LogP contribution is 2.45. The number of nitrogens with one attached hydrogen (secondary N) is 2. The highest BCUT2D eigenvalue weighted by molar-refractivity contribution is 6.02. The van der Waals surface area contributed by atoms with Crippen LogP contribution in [0.1, 0.15) is 55.1 Å². The number of hydrogen-bond donors (Lipinski definition) is 6. The number of likely N-dealkylation sites (tertiary alicyclic amines) is 1. The number of amides is 3. The molecule has 5 rings (SSSR count). The topological polar surface area (TPSA) is 199 Å². The average molecular weight is 527 g/mol. The van der Waals surface area contributed by atoms with Crippen molar-refractivity contribution >= 4 is 29.6 Å². The molecule has 13 heteroatoms. The predicted molar refractivity (Wildman–Crippen MR) is 138 cm³/mol. The number of aliphatic imine (C=N–C) groups is 2. The van der Waals surface area contributed by atoms with E-state index in [4.69, 9.17) is 11.5 Å². The normalized spacial score (nSPS) is 30.0. The summed E-state index contributed by atoms with van der Waals surface area (Å²) in [4.78, 5) is 49.4. The second-order valence-electron chi connectivity index (χ2n) is 11.4. The minimum absolute atomic E-state index is 0.0575. The van der Waals surface area contributed by atoms with E-state index in [0.29, 0.717) is 5.56 Å². The van der Waals surface area contributed by atoms with Gasteiger partial charge >= 0.3 is 0 Å². The molecular formula is C25H34N8O5. The van der Waals surface area contributed by atoms with Gasteiger partial charge in [-0.25, -0.2) is 9.98 Å². The number of aryl methyl sites for hydroxylation is 1. The number of hydrogen-bond acceptors (Lipinski definition) is 11. The van der Waals surface area contributed by atoms with Crippen LogP contribution in [0.25, 0.3) is 0 Å². The number of rotatable bonds is 4. The van der Waals surface area contributed by atoms with Gasteiger partial charge in [0, 0.05) is 24.9 Å². The molecule has 38 heavy (non-hydrogen) atoms. The van der Waals surface area contributed by atoms with E-state index >= 15 is 0 Å². The minimum Gasteiger partial charge on any atom is -0.370 e. The summed E-state index contributed by atoms with van der Waals surface area (Å²) >= 11 is 0. The first-order chi connectivity index (χ1) is 17.7. The number of guanidine groups is 2. The summed E-state index contributed by atoms with van der Waals surface area (Å²) in [5.41, 5.74) is 12.4. The molecule has 0 saturated carbocycles. The van der Waals surface area contributed by atoms with E-state index < -0.39 is 35.5 Å². The van der Waals surface area contributed by atoms with Gasteiger partial charge in [-0.05, 0) is 29.5 Å². The molecule has 4 aliphatic rings. The van der Waals surface area contributed by atoms with Crippen molar-refractivity contribution < 1.29 is 24.6 Å². The standard InChI is InChI=1S/C25H34N8O5/c1-12-6-5-7-13(18(12)23(2,3)4)20(36)29-15-11-33-22(27)28-14(10-32-16(34)8-9-17(32)35)19-24(33,25(15,37)38)31-21(26)30-19/h5-7,14-15,19,37-38H,8-11H2,1-4H3,(H2,27,28)(H,29,36)(H3,26,30,31)/t14-,15?,19-,24-/m0/s1. The maximum absolute atomic E-state index is 13.5. The van der Waals surface area contributed by atoms with Gasteiger partial charge in [0.25, 0.3) is 5.91 Å². The van der Waals surface area contributed by atoms with E-state index in [9.17, 15) is 24.6 Å². The molecule has 4 heterocycles. The van der Waals surface area contributed by atoms with Gasteiger partial charge in [-0.3, -0.25) is 19.3 Å². The highest BCUT2D eigenvalue weighted by Gasteiger charge is 2.73. The zero-order valence-electron chi connectivity index (χ0n) is 21.9.